The molecule has 0 aliphatic heterocycles. The molecule has 2 N–H and O–H groups in total. The summed E-state index contributed by atoms with van der Waals surface area (Å²) in [6, 6.07) is 8.90. The zero-order chi connectivity index (χ0) is 14.7. The fraction of sp³-hybridized carbons (Fsp3) is 0.312. The maximum atomic E-state index is 4.21. The Labute approximate surface area is 133 Å². The van der Waals surface area contributed by atoms with E-state index in [0.717, 1.165) is 12.2 Å². The van der Waals surface area contributed by atoms with E-state index in [1.165, 1.54) is 15.3 Å². The molecule has 0 aliphatic carbocycles. The molecule has 0 saturated heterocycles. The lowest BCUT2D eigenvalue weighted by atomic mass is 10.0. The molecular formula is C16H19N3S2. The molecule has 21 heavy (non-hydrogen) atoms. The lowest BCUT2D eigenvalue weighted by Gasteiger charge is -2.21. The van der Waals surface area contributed by atoms with Crippen LogP contribution in [0.2, 0.25) is 0 Å². The van der Waals surface area contributed by atoms with Gasteiger partial charge in [-0.3, -0.25) is 5.10 Å². The molecule has 1 atom stereocenters. The number of rotatable bonds is 6. The molecule has 0 aliphatic rings. The van der Waals surface area contributed by atoms with Crippen molar-refractivity contribution in [2.24, 2.45) is 5.92 Å². The molecule has 0 spiro atoms. The van der Waals surface area contributed by atoms with Crippen LogP contribution in [-0.4, -0.2) is 10.2 Å². The van der Waals surface area contributed by atoms with Gasteiger partial charge in [0.15, 0.2) is 0 Å². The van der Waals surface area contributed by atoms with Gasteiger partial charge in [-0.2, -0.15) is 5.10 Å². The van der Waals surface area contributed by atoms with Gasteiger partial charge >= 0.3 is 0 Å². The summed E-state index contributed by atoms with van der Waals surface area (Å²) in [4.78, 5) is 2.63. The Kier molecular flexibility index (Phi) is 4.53. The van der Waals surface area contributed by atoms with E-state index in [4.69, 9.17) is 0 Å². The Bertz CT molecular complexity index is 654. The van der Waals surface area contributed by atoms with Gasteiger partial charge in [-0.05, 0) is 28.8 Å². The van der Waals surface area contributed by atoms with Gasteiger partial charge in [-0.25, -0.2) is 0 Å². The largest absolute Gasteiger partial charge is 0.305 e. The van der Waals surface area contributed by atoms with Crippen LogP contribution in [-0.2, 0) is 6.54 Å². The van der Waals surface area contributed by atoms with Crippen molar-refractivity contribution in [1.82, 2.24) is 15.5 Å². The van der Waals surface area contributed by atoms with E-state index < -0.39 is 0 Å². The van der Waals surface area contributed by atoms with E-state index in [2.05, 4.69) is 64.4 Å². The second-order valence-corrected chi connectivity index (χ2v) is 7.29. The minimum absolute atomic E-state index is 0.385. The molecule has 0 amide bonds. The molecule has 3 nitrogen and oxygen atoms in total. The number of H-pyrrole nitrogens is 1. The first-order valence-corrected chi connectivity index (χ1v) is 8.84. The normalized spacial score (nSPS) is 12.9. The van der Waals surface area contributed by atoms with Crippen LogP contribution < -0.4 is 5.32 Å². The summed E-state index contributed by atoms with van der Waals surface area (Å²) in [5, 5.41) is 15.2. The predicted molar refractivity (Wildman–Crippen MR) is 90.6 cm³/mol. The first kappa shape index (κ1) is 14.5. The van der Waals surface area contributed by atoms with E-state index in [0.29, 0.717) is 12.0 Å². The molecule has 0 fully saturated rings. The van der Waals surface area contributed by atoms with E-state index in [9.17, 15) is 0 Å². The quantitative estimate of drug-likeness (QED) is 0.692. The lowest BCUT2D eigenvalue weighted by molar-refractivity contribution is 0.417. The maximum Gasteiger partial charge on any atom is 0.0794 e. The summed E-state index contributed by atoms with van der Waals surface area (Å²) in [7, 11) is 0. The van der Waals surface area contributed by atoms with Crippen LogP contribution in [0.25, 0.3) is 10.6 Å². The van der Waals surface area contributed by atoms with Gasteiger partial charge in [0.1, 0.15) is 0 Å². The SMILES string of the molecule is CC(C)C(NCc1cn[nH]c1-c1cccs1)c1cccs1. The number of aromatic nitrogens is 2. The molecule has 3 aromatic rings. The van der Waals surface area contributed by atoms with Crippen molar-refractivity contribution >= 4 is 22.7 Å². The standard InChI is InChI=1S/C16H19N3S2/c1-11(2)15(13-5-3-7-20-13)17-9-12-10-18-19-16(12)14-6-4-8-21-14/h3-8,10-11,15,17H,9H2,1-2H3,(H,18,19). The van der Waals surface area contributed by atoms with E-state index in [1.54, 1.807) is 11.3 Å². The Morgan fingerprint density at radius 2 is 2.00 bits per heavy atom. The second-order valence-electron chi connectivity index (χ2n) is 5.37. The fourth-order valence-corrected chi connectivity index (χ4v) is 4.16. The summed E-state index contributed by atoms with van der Waals surface area (Å²) in [5.41, 5.74) is 2.35. The van der Waals surface area contributed by atoms with Crippen LogP contribution in [0.1, 0.15) is 30.3 Å². The Morgan fingerprint density at radius 1 is 1.19 bits per heavy atom. The molecule has 1 unspecified atom stereocenters. The van der Waals surface area contributed by atoms with Crippen molar-refractivity contribution in [3.8, 4) is 10.6 Å². The van der Waals surface area contributed by atoms with Gasteiger partial charge in [0.05, 0.1) is 16.8 Å². The van der Waals surface area contributed by atoms with Crippen molar-refractivity contribution in [2.45, 2.75) is 26.4 Å². The topological polar surface area (TPSA) is 40.7 Å². The van der Waals surface area contributed by atoms with Crippen molar-refractivity contribution < 1.29 is 0 Å². The summed E-state index contributed by atoms with van der Waals surface area (Å²) in [5.74, 6) is 0.556. The summed E-state index contributed by atoms with van der Waals surface area (Å²) < 4.78 is 0. The summed E-state index contributed by atoms with van der Waals surface area (Å²) in [6.45, 7) is 5.34. The van der Waals surface area contributed by atoms with Crippen molar-refractivity contribution in [3.05, 3.63) is 51.7 Å². The fourth-order valence-electron chi connectivity index (χ4n) is 2.43. The molecule has 3 heterocycles. The number of nitrogens with one attached hydrogen (secondary N) is 2. The first-order valence-electron chi connectivity index (χ1n) is 7.08. The van der Waals surface area contributed by atoms with E-state index in [-0.39, 0.29) is 0 Å². The Balaban J connectivity index is 1.74. The number of hydrogen-bond acceptors (Lipinski definition) is 4. The average Bonchev–Trinajstić information content (AvgIpc) is 3.21. The molecule has 3 aromatic heterocycles. The molecule has 110 valence electrons. The predicted octanol–water partition coefficient (Wildman–Crippen LogP) is 4.69. The highest BCUT2D eigenvalue weighted by molar-refractivity contribution is 7.13. The lowest BCUT2D eigenvalue weighted by Crippen LogP contribution is -2.24. The van der Waals surface area contributed by atoms with Crippen molar-refractivity contribution in [2.75, 3.05) is 0 Å². The average molecular weight is 317 g/mol. The third kappa shape index (κ3) is 3.26. The van der Waals surface area contributed by atoms with Crippen LogP contribution in [0.15, 0.2) is 41.2 Å². The molecule has 5 heteroatoms. The number of aromatic amines is 1. The molecule has 0 saturated carbocycles. The number of nitrogens with zero attached hydrogens (tertiary/aromatic N) is 1. The zero-order valence-electron chi connectivity index (χ0n) is 12.2. The minimum atomic E-state index is 0.385. The first-order chi connectivity index (χ1) is 10.3. The van der Waals surface area contributed by atoms with Gasteiger partial charge in [-0.1, -0.05) is 26.0 Å². The highest BCUT2D eigenvalue weighted by Crippen LogP contribution is 2.28. The van der Waals surface area contributed by atoms with E-state index in [1.807, 2.05) is 17.5 Å². The second kappa shape index (κ2) is 6.56. The molecular weight excluding hydrogens is 298 g/mol. The van der Waals surface area contributed by atoms with Gasteiger partial charge in [0.25, 0.3) is 0 Å². The van der Waals surface area contributed by atoms with Gasteiger partial charge < -0.3 is 5.32 Å². The minimum Gasteiger partial charge on any atom is -0.305 e. The third-order valence-corrected chi connectivity index (χ3v) is 5.36. The highest BCUT2D eigenvalue weighted by atomic mass is 32.1. The van der Waals surface area contributed by atoms with Gasteiger partial charge in [0, 0.05) is 23.0 Å². The van der Waals surface area contributed by atoms with Gasteiger partial charge in [0.2, 0.25) is 0 Å². The Morgan fingerprint density at radius 3 is 2.67 bits per heavy atom. The summed E-state index contributed by atoms with van der Waals surface area (Å²) in [6.07, 6.45) is 1.92. The monoisotopic (exact) mass is 317 g/mol. The smallest absolute Gasteiger partial charge is 0.0794 e. The van der Waals surface area contributed by atoms with Gasteiger partial charge in [-0.15, -0.1) is 22.7 Å². The van der Waals surface area contributed by atoms with Crippen LogP contribution in [0.4, 0.5) is 0 Å². The van der Waals surface area contributed by atoms with Crippen LogP contribution in [0, 0.1) is 5.92 Å². The molecule has 0 radical (unpaired) electrons. The maximum absolute atomic E-state index is 4.21. The van der Waals surface area contributed by atoms with Crippen LogP contribution in [0.3, 0.4) is 0 Å². The molecule has 3 rings (SSSR count). The summed E-state index contributed by atoms with van der Waals surface area (Å²) >= 11 is 3.55. The zero-order valence-corrected chi connectivity index (χ0v) is 13.8. The van der Waals surface area contributed by atoms with Crippen LogP contribution >= 0.6 is 22.7 Å². The molecule has 0 bridgehead atoms. The van der Waals surface area contributed by atoms with E-state index >= 15 is 0 Å². The number of thiophene rings is 2. The number of hydrogen-bond donors (Lipinski definition) is 2. The third-order valence-electron chi connectivity index (χ3n) is 3.51. The highest BCUT2D eigenvalue weighted by Gasteiger charge is 2.17. The van der Waals surface area contributed by atoms with Crippen LogP contribution in [0.5, 0.6) is 0 Å². The Hall–Kier alpha value is -1.43. The van der Waals surface area contributed by atoms with Crippen molar-refractivity contribution in [3.63, 3.8) is 0 Å². The van der Waals surface area contributed by atoms with Crippen molar-refractivity contribution in [1.29, 1.82) is 0 Å². The molecule has 0 aromatic carbocycles.